The molecule has 0 aromatic heterocycles. The Labute approximate surface area is 127 Å². The van der Waals surface area contributed by atoms with Gasteiger partial charge in [0.2, 0.25) is 0 Å². The molecule has 1 amide bonds. The van der Waals surface area contributed by atoms with Crippen LogP contribution < -0.4 is 0 Å². The van der Waals surface area contributed by atoms with E-state index in [-0.39, 0.29) is 5.41 Å². The van der Waals surface area contributed by atoms with Gasteiger partial charge in [-0.3, -0.25) is 4.90 Å². The normalized spacial score (nSPS) is 23.2. The summed E-state index contributed by atoms with van der Waals surface area (Å²) in [5.41, 5.74) is -1.70. The molecule has 1 aliphatic heterocycles. The third-order valence-electron chi connectivity index (χ3n) is 3.79. The van der Waals surface area contributed by atoms with E-state index < -0.39 is 23.2 Å². The smallest absolute Gasteiger partial charge is 0.411 e. The maximum atomic E-state index is 12.3. The molecule has 0 aromatic carbocycles. The van der Waals surface area contributed by atoms with Crippen LogP contribution in [0.5, 0.6) is 0 Å². The molecule has 0 unspecified atom stereocenters. The van der Waals surface area contributed by atoms with E-state index in [1.54, 1.807) is 20.8 Å². The van der Waals surface area contributed by atoms with Crippen LogP contribution in [-0.4, -0.2) is 39.8 Å². The Morgan fingerprint density at radius 3 is 2.19 bits per heavy atom. The quantitative estimate of drug-likeness (QED) is 0.863. The van der Waals surface area contributed by atoms with Crippen LogP contribution in [0, 0.1) is 5.41 Å². The minimum Gasteiger partial charge on any atom is -0.479 e. The number of amides is 1. The van der Waals surface area contributed by atoms with Gasteiger partial charge in [0, 0.05) is 6.54 Å². The van der Waals surface area contributed by atoms with Crippen LogP contribution in [0.15, 0.2) is 0 Å². The Balaban J connectivity index is 2.95. The molecule has 122 valence electrons. The van der Waals surface area contributed by atoms with Gasteiger partial charge in [0.15, 0.2) is 0 Å². The second-order valence-corrected chi connectivity index (χ2v) is 8.13. The van der Waals surface area contributed by atoms with Crippen LogP contribution in [0.1, 0.15) is 67.2 Å². The summed E-state index contributed by atoms with van der Waals surface area (Å²) < 4.78 is 5.38. The molecule has 1 saturated heterocycles. The fraction of sp³-hybridized carbons (Fsp3) is 0.875. The Morgan fingerprint density at radius 2 is 1.76 bits per heavy atom. The number of carboxylic acid groups (broad SMARTS) is 1. The van der Waals surface area contributed by atoms with Crippen LogP contribution in [0.2, 0.25) is 0 Å². The number of nitrogens with zero attached hydrogens (tertiary/aromatic N) is 1. The summed E-state index contributed by atoms with van der Waals surface area (Å²) in [4.78, 5) is 25.6. The molecule has 1 heterocycles. The monoisotopic (exact) mass is 299 g/mol. The van der Waals surface area contributed by atoms with Gasteiger partial charge in [-0.2, -0.15) is 0 Å². The molecule has 1 rings (SSSR count). The van der Waals surface area contributed by atoms with Gasteiger partial charge in [0.25, 0.3) is 0 Å². The Morgan fingerprint density at radius 1 is 1.19 bits per heavy atom. The largest absolute Gasteiger partial charge is 0.479 e. The van der Waals surface area contributed by atoms with Crippen molar-refractivity contribution >= 4 is 12.1 Å². The van der Waals surface area contributed by atoms with Gasteiger partial charge in [-0.25, -0.2) is 9.59 Å². The van der Waals surface area contributed by atoms with E-state index in [1.165, 1.54) is 4.90 Å². The number of hydrogen-bond donors (Lipinski definition) is 1. The third kappa shape index (κ3) is 4.61. The maximum absolute atomic E-state index is 12.3. The van der Waals surface area contributed by atoms with Crippen molar-refractivity contribution in [2.45, 2.75) is 78.4 Å². The molecule has 1 N–H and O–H groups in total. The number of aliphatic carboxylic acids is 1. The summed E-state index contributed by atoms with van der Waals surface area (Å²) in [5.74, 6) is -0.921. The molecule has 0 radical (unpaired) electrons. The summed E-state index contributed by atoms with van der Waals surface area (Å²) in [6.45, 7) is 12.1. The number of ether oxygens (including phenoxy) is 1. The van der Waals surface area contributed by atoms with Gasteiger partial charge in [-0.15, -0.1) is 0 Å². The Kier molecular flexibility index (Phi) is 4.96. The fourth-order valence-corrected chi connectivity index (χ4v) is 2.63. The Bertz CT molecular complexity index is 405. The van der Waals surface area contributed by atoms with Crippen molar-refractivity contribution in [2.75, 3.05) is 6.54 Å². The van der Waals surface area contributed by atoms with E-state index in [0.717, 1.165) is 6.42 Å². The molecule has 1 fully saturated rings. The topological polar surface area (TPSA) is 66.8 Å². The van der Waals surface area contributed by atoms with Gasteiger partial charge >= 0.3 is 12.1 Å². The number of carbonyl (C=O) groups excluding carboxylic acids is 1. The van der Waals surface area contributed by atoms with E-state index in [4.69, 9.17) is 4.74 Å². The van der Waals surface area contributed by atoms with Crippen LogP contribution >= 0.6 is 0 Å². The van der Waals surface area contributed by atoms with Crippen molar-refractivity contribution in [3.8, 4) is 0 Å². The zero-order chi connectivity index (χ0) is 16.5. The number of rotatable bonds is 3. The highest BCUT2D eigenvalue weighted by Gasteiger charge is 2.51. The molecular formula is C16H29NO4. The molecule has 1 atom stereocenters. The summed E-state index contributed by atoms with van der Waals surface area (Å²) in [6, 6.07) is 0. The lowest BCUT2D eigenvalue weighted by molar-refractivity contribution is -0.150. The molecule has 21 heavy (non-hydrogen) atoms. The summed E-state index contributed by atoms with van der Waals surface area (Å²) in [7, 11) is 0. The highest BCUT2D eigenvalue weighted by molar-refractivity contribution is 5.85. The van der Waals surface area contributed by atoms with Crippen LogP contribution in [0.3, 0.4) is 0 Å². The summed E-state index contributed by atoms with van der Waals surface area (Å²) in [6.07, 6.45) is 1.90. The van der Waals surface area contributed by atoms with Gasteiger partial charge in [-0.1, -0.05) is 20.8 Å². The van der Waals surface area contributed by atoms with Gasteiger partial charge in [0.05, 0.1) is 0 Å². The van der Waals surface area contributed by atoms with E-state index in [0.29, 0.717) is 25.8 Å². The number of carbonyl (C=O) groups is 2. The van der Waals surface area contributed by atoms with Crippen LogP contribution in [0.4, 0.5) is 4.79 Å². The average Bonchev–Trinajstić information content (AvgIpc) is 2.67. The number of hydrogen-bond acceptors (Lipinski definition) is 3. The molecule has 0 aromatic rings. The van der Waals surface area contributed by atoms with Crippen LogP contribution in [0.25, 0.3) is 0 Å². The van der Waals surface area contributed by atoms with E-state index in [9.17, 15) is 14.7 Å². The standard InChI is InChI=1S/C16H29NO4/c1-14(2,3)9-10-16(12(18)19)8-7-11-17(16)13(20)21-15(4,5)6/h7-11H2,1-6H3,(H,18,19)/t16-/m0/s1. The number of likely N-dealkylation sites (tertiary alicyclic amines) is 1. The van der Waals surface area contributed by atoms with Crippen molar-refractivity contribution < 1.29 is 19.4 Å². The molecule has 0 saturated carbocycles. The van der Waals surface area contributed by atoms with Gasteiger partial charge in [-0.05, 0) is 51.9 Å². The number of carboxylic acids is 1. The lowest BCUT2D eigenvalue weighted by Crippen LogP contribution is -2.54. The van der Waals surface area contributed by atoms with Crippen molar-refractivity contribution in [3.63, 3.8) is 0 Å². The van der Waals surface area contributed by atoms with Crippen molar-refractivity contribution in [1.29, 1.82) is 0 Å². The predicted molar refractivity (Wildman–Crippen MR) is 81.2 cm³/mol. The summed E-state index contributed by atoms with van der Waals surface area (Å²) in [5, 5.41) is 9.73. The molecular weight excluding hydrogens is 270 g/mol. The van der Waals surface area contributed by atoms with E-state index in [1.807, 2.05) is 0 Å². The predicted octanol–water partition coefficient (Wildman–Crippen LogP) is 3.67. The molecule has 0 spiro atoms. The zero-order valence-electron chi connectivity index (χ0n) is 14.2. The minimum atomic E-state index is -1.12. The molecule has 0 aliphatic carbocycles. The van der Waals surface area contributed by atoms with E-state index in [2.05, 4.69) is 20.8 Å². The van der Waals surface area contributed by atoms with Crippen molar-refractivity contribution in [2.24, 2.45) is 5.41 Å². The first-order chi connectivity index (χ1) is 9.37. The molecule has 5 nitrogen and oxygen atoms in total. The van der Waals surface area contributed by atoms with E-state index >= 15 is 0 Å². The zero-order valence-corrected chi connectivity index (χ0v) is 14.2. The maximum Gasteiger partial charge on any atom is 0.411 e. The third-order valence-corrected chi connectivity index (χ3v) is 3.79. The molecule has 1 aliphatic rings. The lowest BCUT2D eigenvalue weighted by Gasteiger charge is -2.37. The highest BCUT2D eigenvalue weighted by Crippen LogP contribution is 2.38. The minimum absolute atomic E-state index is 0.0324. The SMILES string of the molecule is CC(C)(C)CC[C@]1(C(=O)O)CCCN1C(=O)OC(C)(C)C. The van der Waals surface area contributed by atoms with Gasteiger partial charge < -0.3 is 9.84 Å². The molecule has 0 bridgehead atoms. The van der Waals surface area contributed by atoms with Crippen molar-refractivity contribution in [1.82, 2.24) is 4.90 Å². The Hall–Kier alpha value is -1.26. The van der Waals surface area contributed by atoms with Gasteiger partial charge in [0.1, 0.15) is 11.1 Å². The average molecular weight is 299 g/mol. The second-order valence-electron chi connectivity index (χ2n) is 8.13. The summed E-state index contributed by atoms with van der Waals surface area (Å²) >= 11 is 0. The fourth-order valence-electron chi connectivity index (χ4n) is 2.63. The lowest BCUT2D eigenvalue weighted by atomic mass is 9.82. The van der Waals surface area contributed by atoms with Crippen LogP contribution in [-0.2, 0) is 9.53 Å². The second kappa shape index (κ2) is 5.85. The highest BCUT2D eigenvalue weighted by atomic mass is 16.6. The first-order valence-corrected chi connectivity index (χ1v) is 7.61. The first kappa shape index (κ1) is 17.8. The van der Waals surface area contributed by atoms with Crippen molar-refractivity contribution in [3.05, 3.63) is 0 Å². The first-order valence-electron chi connectivity index (χ1n) is 7.61. The molecule has 5 heteroatoms.